The molecule has 1 saturated heterocycles. The van der Waals surface area contributed by atoms with Gasteiger partial charge in [-0.1, -0.05) is 12.1 Å². The summed E-state index contributed by atoms with van der Waals surface area (Å²) in [6.07, 6.45) is 11.9. The highest BCUT2D eigenvalue weighted by Crippen LogP contribution is 2.22. The molecule has 1 aromatic carbocycles. The Hall–Kier alpha value is -3.29. The Morgan fingerprint density at radius 3 is 2.90 bits per heavy atom. The van der Waals surface area contributed by atoms with Crippen LogP contribution in [0.2, 0.25) is 0 Å². The molecule has 4 rings (SSSR count). The third-order valence-corrected chi connectivity index (χ3v) is 5.18. The summed E-state index contributed by atoms with van der Waals surface area (Å²) >= 11 is 0. The van der Waals surface area contributed by atoms with E-state index < -0.39 is 0 Å². The molecule has 7 heteroatoms. The monoisotopic (exact) mass is 403 g/mol. The predicted octanol–water partition coefficient (Wildman–Crippen LogP) is 3.08. The lowest BCUT2D eigenvalue weighted by Crippen LogP contribution is -2.37. The van der Waals surface area contributed by atoms with E-state index in [-0.39, 0.29) is 12.0 Å². The van der Waals surface area contributed by atoms with Crippen molar-refractivity contribution in [3.8, 4) is 11.1 Å². The number of rotatable bonds is 6. The zero-order valence-electron chi connectivity index (χ0n) is 16.7. The number of H-pyrrole nitrogens is 1. The number of piperidine rings is 1. The predicted molar refractivity (Wildman–Crippen MR) is 116 cm³/mol. The van der Waals surface area contributed by atoms with E-state index in [0.29, 0.717) is 0 Å². The number of β-amino-alcohol motifs (C(OH)–C–C–N with tert-alkyl or cyclic N) is 1. The Bertz CT molecular complexity index is 999. The smallest absolute Gasteiger partial charge is 0.248 e. The molecule has 0 saturated carbocycles. The number of carbonyl (C=O) groups is 1. The van der Waals surface area contributed by atoms with Gasteiger partial charge in [-0.2, -0.15) is 5.10 Å². The van der Waals surface area contributed by atoms with Crippen LogP contribution >= 0.6 is 0 Å². The quantitative estimate of drug-likeness (QED) is 0.550. The Morgan fingerprint density at radius 2 is 2.13 bits per heavy atom. The van der Waals surface area contributed by atoms with Crippen molar-refractivity contribution in [1.29, 1.82) is 0 Å². The minimum atomic E-state index is -0.224. The van der Waals surface area contributed by atoms with E-state index in [1.807, 2.05) is 30.3 Å². The highest BCUT2D eigenvalue weighted by Gasteiger charge is 2.17. The van der Waals surface area contributed by atoms with Crippen LogP contribution in [0.5, 0.6) is 0 Å². The van der Waals surface area contributed by atoms with Crippen LogP contribution in [0.15, 0.2) is 61.2 Å². The van der Waals surface area contributed by atoms with Crippen molar-refractivity contribution >= 4 is 17.7 Å². The Balaban J connectivity index is 1.35. The topological polar surface area (TPSA) is 94.1 Å². The van der Waals surface area contributed by atoms with Crippen LogP contribution in [-0.2, 0) is 11.3 Å². The SMILES string of the molecule is O=C(/C=C/c1cnccc1-c1cn[nH]c1)Nc1ccc(CN2CCCC(O)C2)cc1. The summed E-state index contributed by atoms with van der Waals surface area (Å²) in [5.74, 6) is -0.205. The fraction of sp³-hybridized carbons (Fsp3) is 0.261. The molecule has 1 atom stereocenters. The lowest BCUT2D eigenvalue weighted by molar-refractivity contribution is -0.111. The maximum atomic E-state index is 12.3. The van der Waals surface area contributed by atoms with E-state index in [9.17, 15) is 9.90 Å². The van der Waals surface area contributed by atoms with Crippen LogP contribution in [0, 0.1) is 0 Å². The van der Waals surface area contributed by atoms with Crippen molar-refractivity contribution in [3.05, 3.63) is 72.3 Å². The molecule has 7 nitrogen and oxygen atoms in total. The molecule has 3 aromatic rings. The summed E-state index contributed by atoms with van der Waals surface area (Å²) < 4.78 is 0. The summed E-state index contributed by atoms with van der Waals surface area (Å²) in [5, 5.41) is 19.5. The minimum absolute atomic E-state index is 0.205. The molecule has 0 bridgehead atoms. The molecule has 1 amide bonds. The average molecular weight is 403 g/mol. The number of carbonyl (C=O) groups excluding carboxylic acids is 1. The number of hydrogen-bond donors (Lipinski definition) is 3. The third-order valence-electron chi connectivity index (χ3n) is 5.18. The van der Waals surface area contributed by atoms with E-state index in [1.54, 1.807) is 30.9 Å². The first-order valence-electron chi connectivity index (χ1n) is 10.1. The average Bonchev–Trinajstić information content (AvgIpc) is 3.29. The van der Waals surface area contributed by atoms with E-state index in [0.717, 1.165) is 60.4 Å². The van der Waals surface area contributed by atoms with Crippen LogP contribution in [0.4, 0.5) is 5.69 Å². The number of aromatic amines is 1. The number of pyridine rings is 1. The van der Waals surface area contributed by atoms with E-state index >= 15 is 0 Å². The van der Waals surface area contributed by atoms with Crippen LogP contribution in [0.3, 0.4) is 0 Å². The number of likely N-dealkylation sites (tertiary alicyclic amines) is 1. The number of nitrogens with zero attached hydrogens (tertiary/aromatic N) is 3. The normalized spacial score (nSPS) is 17.3. The first kappa shape index (κ1) is 20.0. The van der Waals surface area contributed by atoms with Gasteiger partial charge in [0.05, 0.1) is 12.3 Å². The lowest BCUT2D eigenvalue weighted by Gasteiger charge is -2.29. The van der Waals surface area contributed by atoms with Gasteiger partial charge in [-0.25, -0.2) is 0 Å². The number of aliphatic hydroxyl groups is 1. The maximum absolute atomic E-state index is 12.3. The van der Waals surface area contributed by atoms with Crippen molar-refractivity contribution < 1.29 is 9.90 Å². The van der Waals surface area contributed by atoms with Gasteiger partial charge in [0.25, 0.3) is 0 Å². The number of aromatic nitrogens is 3. The largest absolute Gasteiger partial charge is 0.392 e. The second-order valence-corrected chi connectivity index (χ2v) is 7.50. The minimum Gasteiger partial charge on any atom is -0.392 e. The molecule has 30 heavy (non-hydrogen) atoms. The molecule has 3 N–H and O–H groups in total. The van der Waals surface area contributed by atoms with Gasteiger partial charge in [-0.05, 0) is 54.8 Å². The van der Waals surface area contributed by atoms with Gasteiger partial charge < -0.3 is 10.4 Å². The van der Waals surface area contributed by atoms with Gasteiger partial charge >= 0.3 is 0 Å². The van der Waals surface area contributed by atoms with Crippen molar-refractivity contribution in [2.45, 2.75) is 25.5 Å². The molecule has 0 aliphatic carbocycles. The molecule has 1 fully saturated rings. The molecular formula is C23H25N5O2. The molecule has 2 aromatic heterocycles. The third kappa shape index (κ3) is 5.20. The van der Waals surface area contributed by atoms with Crippen LogP contribution < -0.4 is 5.32 Å². The van der Waals surface area contributed by atoms with Gasteiger partial charge in [-0.15, -0.1) is 0 Å². The maximum Gasteiger partial charge on any atom is 0.248 e. The lowest BCUT2D eigenvalue weighted by atomic mass is 10.0. The van der Waals surface area contributed by atoms with Gasteiger partial charge in [0.2, 0.25) is 5.91 Å². The van der Waals surface area contributed by atoms with Gasteiger partial charge in [-0.3, -0.25) is 19.8 Å². The number of benzene rings is 1. The van der Waals surface area contributed by atoms with Crippen LogP contribution in [0.25, 0.3) is 17.2 Å². The first-order chi connectivity index (χ1) is 14.7. The molecule has 154 valence electrons. The standard InChI is InChI=1S/C23H25N5O2/c29-21-2-1-11-28(16-21)15-17-3-6-20(7-4-17)27-23(30)8-5-18-12-24-10-9-22(18)19-13-25-26-14-19/h3-10,12-14,21,29H,1-2,11,15-16H2,(H,25,26)(H,27,30)/b8-5+. The van der Waals surface area contributed by atoms with E-state index in [2.05, 4.69) is 25.4 Å². The molecule has 3 heterocycles. The summed E-state index contributed by atoms with van der Waals surface area (Å²) in [7, 11) is 0. The summed E-state index contributed by atoms with van der Waals surface area (Å²) in [4.78, 5) is 18.8. The molecule has 0 spiro atoms. The van der Waals surface area contributed by atoms with Gasteiger partial charge in [0.1, 0.15) is 0 Å². The van der Waals surface area contributed by atoms with Crippen molar-refractivity contribution in [3.63, 3.8) is 0 Å². The number of hydrogen-bond acceptors (Lipinski definition) is 5. The van der Waals surface area contributed by atoms with Crippen molar-refractivity contribution in [2.24, 2.45) is 0 Å². The number of amides is 1. The summed E-state index contributed by atoms with van der Waals surface area (Å²) in [5.41, 5.74) is 4.64. The van der Waals surface area contributed by atoms with E-state index in [4.69, 9.17) is 0 Å². The number of nitrogens with one attached hydrogen (secondary N) is 2. The number of anilines is 1. The van der Waals surface area contributed by atoms with Crippen molar-refractivity contribution in [2.75, 3.05) is 18.4 Å². The Kier molecular flexibility index (Phi) is 6.32. The molecule has 1 unspecified atom stereocenters. The van der Waals surface area contributed by atoms with Crippen molar-refractivity contribution in [1.82, 2.24) is 20.1 Å². The van der Waals surface area contributed by atoms with Crippen LogP contribution in [-0.4, -0.2) is 50.3 Å². The second kappa shape index (κ2) is 9.47. The first-order valence-corrected chi connectivity index (χ1v) is 10.1. The van der Waals surface area contributed by atoms with Gasteiger partial charge in [0, 0.05) is 54.6 Å². The second-order valence-electron chi connectivity index (χ2n) is 7.50. The van der Waals surface area contributed by atoms with E-state index in [1.165, 1.54) is 6.08 Å². The summed E-state index contributed by atoms with van der Waals surface area (Å²) in [6.45, 7) is 2.54. The Labute approximate surface area is 175 Å². The fourth-order valence-corrected chi connectivity index (χ4v) is 3.68. The van der Waals surface area contributed by atoms with Crippen LogP contribution in [0.1, 0.15) is 24.0 Å². The highest BCUT2D eigenvalue weighted by atomic mass is 16.3. The molecule has 0 radical (unpaired) electrons. The fourth-order valence-electron chi connectivity index (χ4n) is 3.68. The molecule has 1 aliphatic heterocycles. The summed E-state index contributed by atoms with van der Waals surface area (Å²) in [6, 6.07) is 9.73. The molecule has 1 aliphatic rings. The number of aliphatic hydroxyl groups excluding tert-OH is 1. The highest BCUT2D eigenvalue weighted by molar-refractivity contribution is 6.02. The zero-order chi connectivity index (χ0) is 20.8. The zero-order valence-corrected chi connectivity index (χ0v) is 16.7. The Morgan fingerprint density at radius 1 is 1.27 bits per heavy atom. The van der Waals surface area contributed by atoms with Gasteiger partial charge in [0.15, 0.2) is 0 Å². The molecular weight excluding hydrogens is 378 g/mol.